The Morgan fingerprint density at radius 3 is 2.50 bits per heavy atom. The third kappa shape index (κ3) is 3.81. The number of hydrogen-bond donors (Lipinski definition) is 1. The Morgan fingerprint density at radius 1 is 1.04 bits per heavy atom. The molecule has 0 bridgehead atoms. The van der Waals surface area contributed by atoms with Crippen LogP contribution in [0.3, 0.4) is 0 Å². The summed E-state index contributed by atoms with van der Waals surface area (Å²) in [6, 6.07) is 20.9. The van der Waals surface area contributed by atoms with Crippen molar-refractivity contribution in [2.45, 2.75) is 6.54 Å². The molecule has 0 radical (unpaired) electrons. The van der Waals surface area contributed by atoms with Crippen molar-refractivity contribution in [1.82, 2.24) is 5.32 Å². The summed E-state index contributed by atoms with van der Waals surface area (Å²) in [4.78, 5) is 12.7. The standard InChI is InChI=1S/C21H14BrFN2O/c22-16-9-10-20(23)15(11-16)13-25-21(26)19-8-4-3-7-18(19)17-6-2-1-5-14(17)12-24/h1-11H,13H2,(H,25,26). The quantitative estimate of drug-likeness (QED) is 0.655. The van der Waals surface area contributed by atoms with Crippen molar-refractivity contribution < 1.29 is 9.18 Å². The first-order chi connectivity index (χ1) is 12.6. The maximum Gasteiger partial charge on any atom is 0.252 e. The molecule has 0 heterocycles. The van der Waals surface area contributed by atoms with Gasteiger partial charge in [0.2, 0.25) is 0 Å². The fourth-order valence-electron chi connectivity index (χ4n) is 2.68. The minimum absolute atomic E-state index is 0.0678. The molecule has 0 aliphatic carbocycles. The number of nitrogens with zero attached hydrogens (tertiary/aromatic N) is 1. The predicted octanol–water partition coefficient (Wildman–Crippen LogP) is 5.06. The molecule has 0 saturated heterocycles. The normalized spacial score (nSPS) is 10.2. The Morgan fingerprint density at radius 2 is 1.73 bits per heavy atom. The topological polar surface area (TPSA) is 52.9 Å². The van der Waals surface area contributed by atoms with Crippen molar-refractivity contribution >= 4 is 21.8 Å². The van der Waals surface area contributed by atoms with E-state index in [9.17, 15) is 14.4 Å². The fraction of sp³-hybridized carbons (Fsp3) is 0.0476. The molecule has 3 rings (SSSR count). The van der Waals surface area contributed by atoms with Gasteiger partial charge in [0.05, 0.1) is 11.6 Å². The summed E-state index contributed by atoms with van der Waals surface area (Å²) in [6.45, 7) is 0.0678. The third-order valence-corrected chi connectivity index (χ3v) is 4.45. The van der Waals surface area contributed by atoms with E-state index in [0.29, 0.717) is 27.8 Å². The smallest absolute Gasteiger partial charge is 0.252 e. The minimum atomic E-state index is -0.378. The average Bonchev–Trinajstić information content (AvgIpc) is 2.68. The van der Waals surface area contributed by atoms with Crippen LogP contribution in [0.2, 0.25) is 0 Å². The maximum absolute atomic E-state index is 13.9. The third-order valence-electron chi connectivity index (χ3n) is 3.96. The molecule has 1 N–H and O–H groups in total. The predicted molar refractivity (Wildman–Crippen MR) is 102 cm³/mol. The number of nitrogens with one attached hydrogen (secondary N) is 1. The SMILES string of the molecule is N#Cc1ccccc1-c1ccccc1C(=O)NCc1cc(Br)ccc1F. The van der Waals surface area contributed by atoms with Crippen molar-refractivity contribution in [3.63, 3.8) is 0 Å². The minimum Gasteiger partial charge on any atom is -0.348 e. The fourth-order valence-corrected chi connectivity index (χ4v) is 3.09. The number of hydrogen-bond acceptors (Lipinski definition) is 2. The molecule has 0 aromatic heterocycles. The highest BCUT2D eigenvalue weighted by atomic mass is 79.9. The van der Waals surface area contributed by atoms with Gasteiger partial charge in [-0.2, -0.15) is 5.26 Å². The van der Waals surface area contributed by atoms with Gasteiger partial charge >= 0.3 is 0 Å². The molecule has 128 valence electrons. The summed E-state index contributed by atoms with van der Waals surface area (Å²) in [6.07, 6.45) is 0. The Labute approximate surface area is 159 Å². The molecular weight excluding hydrogens is 395 g/mol. The second kappa shape index (κ2) is 7.94. The molecule has 0 spiro atoms. The number of carbonyl (C=O) groups is 1. The molecule has 0 aliphatic rings. The van der Waals surface area contributed by atoms with E-state index in [-0.39, 0.29) is 18.3 Å². The summed E-state index contributed by atoms with van der Waals surface area (Å²) in [7, 11) is 0. The zero-order valence-electron chi connectivity index (χ0n) is 13.7. The Balaban J connectivity index is 1.89. The first-order valence-electron chi connectivity index (χ1n) is 7.91. The molecule has 3 nitrogen and oxygen atoms in total. The average molecular weight is 409 g/mol. The lowest BCUT2D eigenvalue weighted by Crippen LogP contribution is -2.24. The van der Waals surface area contributed by atoms with E-state index in [4.69, 9.17) is 0 Å². The van der Waals surface area contributed by atoms with E-state index in [0.717, 1.165) is 4.47 Å². The molecule has 3 aromatic rings. The van der Waals surface area contributed by atoms with Gasteiger partial charge in [0, 0.05) is 27.7 Å². The Kier molecular flexibility index (Phi) is 5.45. The van der Waals surface area contributed by atoms with E-state index >= 15 is 0 Å². The van der Waals surface area contributed by atoms with Crippen molar-refractivity contribution in [1.29, 1.82) is 5.26 Å². The van der Waals surface area contributed by atoms with Crippen LogP contribution in [-0.2, 0) is 6.54 Å². The summed E-state index contributed by atoms with van der Waals surface area (Å²) in [5, 5.41) is 12.1. The first kappa shape index (κ1) is 17.8. The van der Waals surface area contributed by atoms with Gasteiger partial charge in [0.15, 0.2) is 0 Å². The van der Waals surface area contributed by atoms with E-state index in [1.165, 1.54) is 6.07 Å². The number of benzene rings is 3. The molecule has 0 unspecified atom stereocenters. The zero-order chi connectivity index (χ0) is 18.5. The van der Waals surface area contributed by atoms with Crippen molar-refractivity contribution in [3.8, 4) is 17.2 Å². The summed E-state index contributed by atoms with van der Waals surface area (Å²) in [5.74, 6) is -0.704. The van der Waals surface area contributed by atoms with E-state index in [1.807, 2.05) is 12.1 Å². The molecule has 1 amide bonds. The van der Waals surface area contributed by atoms with Crippen molar-refractivity contribution in [2.24, 2.45) is 0 Å². The van der Waals surface area contributed by atoms with Crippen LogP contribution in [0.25, 0.3) is 11.1 Å². The van der Waals surface area contributed by atoms with Gasteiger partial charge in [0.1, 0.15) is 5.82 Å². The highest BCUT2D eigenvalue weighted by Gasteiger charge is 2.15. The summed E-state index contributed by atoms with van der Waals surface area (Å²) < 4.78 is 14.6. The van der Waals surface area contributed by atoms with E-state index in [2.05, 4.69) is 27.3 Å². The Hall–Kier alpha value is -2.97. The van der Waals surface area contributed by atoms with Crippen LogP contribution >= 0.6 is 15.9 Å². The molecule has 5 heteroatoms. The largest absolute Gasteiger partial charge is 0.348 e. The lowest BCUT2D eigenvalue weighted by atomic mass is 9.95. The second-order valence-electron chi connectivity index (χ2n) is 5.62. The molecule has 0 aliphatic heterocycles. The Bertz CT molecular complexity index is 1010. The number of nitriles is 1. The van der Waals surface area contributed by atoms with Gasteiger partial charge in [0.25, 0.3) is 5.91 Å². The first-order valence-corrected chi connectivity index (χ1v) is 8.70. The van der Waals surface area contributed by atoms with Crippen LogP contribution in [0, 0.1) is 17.1 Å². The van der Waals surface area contributed by atoms with Gasteiger partial charge in [-0.25, -0.2) is 4.39 Å². The van der Waals surface area contributed by atoms with Crippen LogP contribution in [0.15, 0.2) is 71.2 Å². The number of amides is 1. The van der Waals surface area contributed by atoms with Crippen LogP contribution in [0.1, 0.15) is 21.5 Å². The van der Waals surface area contributed by atoms with Crippen LogP contribution in [0.5, 0.6) is 0 Å². The van der Waals surface area contributed by atoms with Gasteiger partial charge < -0.3 is 5.32 Å². The lowest BCUT2D eigenvalue weighted by Gasteiger charge is -2.12. The van der Waals surface area contributed by atoms with Gasteiger partial charge in [-0.15, -0.1) is 0 Å². The van der Waals surface area contributed by atoms with Crippen molar-refractivity contribution in [3.05, 3.63) is 93.7 Å². The van der Waals surface area contributed by atoms with E-state index < -0.39 is 0 Å². The molecule has 0 fully saturated rings. The molecule has 0 saturated carbocycles. The highest BCUT2D eigenvalue weighted by Crippen LogP contribution is 2.27. The molecular formula is C21H14BrFN2O. The number of rotatable bonds is 4. The van der Waals surface area contributed by atoms with Crippen LogP contribution in [-0.4, -0.2) is 5.91 Å². The molecule has 0 atom stereocenters. The van der Waals surface area contributed by atoms with Crippen molar-refractivity contribution in [2.75, 3.05) is 0 Å². The lowest BCUT2D eigenvalue weighted by molar-refractivity contribution is 0.0951. The maximum atomic E-state index is 13.9. The number of halogens is 2. The van der Waals surface area contributed by atoms with Gasteiger partial charge in [-0.3, -0.25) is 4.79 Å². The summed E-state index contributed by atoms with van der Waals surface area (Å²) in [5.41, 5.74) is 2.67. The highest BCUT2D eigenvalue weighted by molar-refractivity contribution is 9.10. The van der Waals surface area contributed by atoms with Crippen LogP contribution in [0.4, 0.5) is 4.39 Å². The molecule has 26 heavy (non-hydrogen) atoms. The van der Waals surface area contributed by atoms with Crippen LogP contribution < -0.4 is 5.32 Å². The van der Waals surface area contributed by atoms with Gasteiger partial charge in [-0.05, 0) is 35.9 Å². The van der Waals surface area contributed by atoms with Gasteiger partial charge in [-0.1, -0.05) is 52.3 Å². The second-order valence-corrected chi connectivity index (χ2v) is 6.54. The number of carbonyl (C=O) groups excluding carboxylic acids is 1. The zero-order valence-corrected chi connectivity index (χ0v) is 15.3. The van der Waals surface area contributed by atoms with E-state index in [1.54, 1.807) is 48.5 Å². The molecule has 3 aromatic carbocycles. The summed E-state index contributed by atoms with van der Waals surface area (Å²) >= 11 is 3.30. The monoisotopic (exact) mass is 408 g/mol.